The average Bonchev–Trinajstić information content (AvgIpc) is 2.28. The van der Waals surface area contributed by atoms with E-state index in [-0.39, 0.29) is 12.5 Å². The van der Waals surface area contributed by atoms with Gasteiger partial charge in [0, 0.05) is 12.5 Å². The second kappa shape index (κ2) is 4.75. The molecule has 0 bridgehead atoms. The summed E-state index contributed by atoms with van der Waals surface area (Å²) in [4.78, 5) is 10.6. The largest absolute Gasteiger partial charge is 0.508 e. The highest BCUT2D eigenvalue weighted by atomic mass is 16.4. The first-order valence-electron chi connectivity index (χ1n) is 5.88. The molecule has 92 valence electrons. The number of nitrogens with two attached hydrogens (primary N) is 1. The number of hydrogen-bond donors (Lipinski definition) is 3. The van der Waals surface area contributed by atoms with Crippen molar-refractivity contribution >= 4 is 5.97 Å². The van der Waals surface area contributed by atoms with Gasteiger partial charge in [-0.3, -0.25) is 4.79 Å². The van der Waals surface area contributed by atoms with E-state index in [4.69, 9.17) is 10.8 Å². The van der Waals surface area contributed by atoms with E-state index in [2.05, 4.69) is 0 Å². The Morgan fingerprint density at radius 3 is 2.88 bits per heavy atom. The molecule has 0 saturated carbocycles. The molecule has 1 aliphatic carbocycles. The first-order chi connectivity index (χ1) is 8.08. The van der Waals surface area contributed by atoms with Gasteiger partial charge in [-0.2, -0.15) is 0 Å². The van der Waals surface area contributed by atoms with Gasteiger partial charge in [-0.25, -0.2) is 0 Å². The average molecular weight is 235 g/mol. The van der Waals surface area contributed by atoms with Crippen LogP contribution in [0.3, 0.4) is 0 Å². The minimum atomic E-state index is -0.799. The molecule has 1 atom stereocenters. The predicted octanol–water partition coefficient (Wildman–Crippen LogP) is 1.23. The molecule has 4 N–H and O–H groups in total. The van der Waals surface area contributed by atoms with Crippen LogP contribution in [0.25, 0.3) is 0 Å². The van der Waals surface area contributed by atoms with Gasteiger partial charge in [0.25, 0.3) is 0 Å². The molecule has 0 amide bonds. The number of hydrogen-bond acceptors (Lipinski definition) is 3. The van der Waals surface area contributed by atoms with Crippen LogP contribution in [0.5, 0.6) is 5.75 Å². The quantitative estimate of drug-likeness (QED) is 0.735. The summed E-state index contributed by atoms with van der Waals surface area (Å²) < 4.78 is 0. The summed E-state index contributed by atoms with van der Waals surface area (Å²) in [5.41, 5.74) is 8.95. The van der Waals surface area contributed by atoms with E-state index in [1.54, 1.807) is 6.07 Å². The molecular weight excluding hydrogens is 218 g/mol. The molecule has 1 aliphatic rings. The van der Waals surface area contributed by atoms with Crippen molar-refractivity contribution in [3.63, 3.8) is 0 Å². The smallest absolute Gasteiger partial charge is 0.303 e. The Labute approximate surface area is 100 Å². The van der Waals surface area contributed by atoms with Gasteiger partial charge in [-0.15, -0.1) is 0 Å². The number of carboxylic acids is 1. The van der Waals surface area contributed by atoms with Crippen molar-refractivity contribution in [3.8, 4) is 5.75 Å². The van der Waals surface area contributed by atoms with Crippen molar-refractivity contribution in [2.24, 2.45) is 5.73 Å². The van der Waals surface area contributed by atoms with Gasteiger partial charge in [0.05, 0.1) is 0 Å². The molecule has 17 heavy (non-hydrogen) atoms. The highest BCUT2D eigenvalue weighted by molar-refractivity contribution is 5.67. The number of fused-ring (bicyclic) bond motifs is 1. The Morgan fingerprint density at radius 2 is 2.18 bits per heavy atom. The summed E-state index contributed by atoms with van der Waals surface area (Å²) in [5, 5.41) is 18.5. The normalized spacial score (nSPS) is 18.8. The maximum Gasteiger partial charge on any atom is 0.303 e. The topological polar surface area (TPSA) is 83.5 Å². The maximum atomic E-state index is 10.6. The van der Waals surface area contributed by atoms with Crippen LogP contribution in [0.4, 0.5) is 0 Å². The molecule has 0 saturated heterocycles. The molecule has 0 fully saturated rings. The lowest BCUT2D eigenvalue weighted by Crippen LogP contribution is -2.28. The fraction of sp³-hybridized carbons (Fsp3) is 0.462. The van der Waals surface area contributed by atoms with E-state index in [0.717, 1.165) is 36.0 Å². The molecule has 4 nitrogen and oxygen atoms in total. The van der Waals surface area contributed by atoms with Gasteiger partial charge in [0.15, 0.2) is 0 Å². The lowest BCUT2D eigenvalue weighted by molar-refractivity contribution is -0.136. The molecule has 1 aromatic rings. The Morgan fingerprint density at radius 1 is 1.41 bits per heavy atom. The predicted molar refractivity (Wildman–Crippen MR) is 64.1 cm³/mol. The number of benzene rings is 1. The van der Waals surface area contributed by atoms with Crippen molar-refractivity contribution in [2.75, 3.05) is 0 Å². The molecule has 1 unspecified atom stereocenters. The summed E-state index contributed by atoms with van der Waals surface area (Å²) in [7, 11) is 0. The molecule has 2 rings (SSSR count). The lowest BCUT2D eigenvalue weighted by Gasteiger charge is -2.24. The van der Waals surface area contributed by atoms with Crippen molar-refractivity contribution in [1.29, 1.82) is 0 Å². The summed E-state index contributed by atoms with van der Waals surface area (Å²) >= 11 is 0. The fourth-order valence-electron chi connectivity index (χ4n) is 2.43. The highest BCUT2D eigenvalue weighted by Gasteiger charge is 2.21. The molecule has 1 aromatic carbocycles. The number of carbonyl (C=O) groups is 1. The lowest BCUT2D eigenvalue weighted by atomic mass is 9.84. The third-order valence-electron chi connectivity index (χ3n) is 3.34. The number of aliphatic carboxylic acids is 1. The van der Waals surface area contributed by atoms with E-state index in [1.807, 2.05) is 6.07 Å². The number of rotatable bonds is 3. The molecular formula is C13H17NO3. The first-order valence-corrected chi connectivity index (χ1v) is 5.88. The molecule has 0 spiro atoms. The molecule has 0 heterocycles. The van der Waals surface area contributed by atoms with Crippen LogP contribution < -0.4 is 5.73 Å². The number of phenols is 1. The van der Waals surface area contributed by atoms with E-state index in [0.29, 0.717) is 12.2 Å². The Hall–Kier alpha value is -1.55. The monoisotopic (exact) mass is 235 g/mol. The Kier molecular flexibility index (Phi) is 3.33. The van der Waals surface area contributed by atoms with Crippen LogP contribution in [0.15, 0.2) is 12.1 Å². The molecule has 4 heteroatoms. The summed E-state index contributed by atoms with van der Waals surface area (Å²) in [6, 6.07) is 3.59. The minimum absolute atomic E-state index is 0.118. The van der Waals surface area contributed by atoms with E-state index in [9.17, 15) is 9.90 Å². The second-order valence-electron chi connectivity index (χ2n) is 4.60. The zero-order valence-corrected chi connectivity index (χ0v) is 9.65. The molecule has 0 radical (unpaired) electrons. The number of aryl methyl sites for hydroxylation is 1. The van der Waals surface area contributed by atoms with Crippen molar-refractivity contribution in [2.45, 2.75) is 38.1 Å². The SMILES string of the molecule is NC1CCc2c(O)ccc(CCC(=O)O)c2C1. The standard InChI is InChI=1S/C13H17NO3/c14-9-3-4-10-11(7-9)8(1-5-12(10)15)2-6-13(16)17/h1,5,9,15H,2-4,6-7,14H2,(H,16,17). The van der Waals surface area contributed by atoms with Gasteiger partial charge in [-0.1, -0.05) is 6.07 Å². The van der Waals surface area contributed by atoms with Crippen molar-refractivity contribution in [3.05, 3.63) is 28.8 Å². The van der Waals surface area contributed by atoms with Gasteiger partial charge in [0.2, 0.25) is 0 Å². The van der Waals surface area contributed by atoms with Crippen molar-refractivity contribution in [1.82, 2.24) is 0 Å². The number of phenolic OH excluding ortho intramolecular Hbond substituents is 1. The minimum Gasteiger partial charge on any atom is -0.508 e. The Bertz CT molecular complexity index is 443. The zero-order chi connectivity index (χ0) is 12.4. The highest BCUT2D eigenvalue weighted by Crippen LogP contribution is 2.31. The Balaban J connectivity index is 2.30. The molecule has 0 aliphatic heterocycles. The fourth-order valence-corrected chi connectivity index (χ4v) is 2.43. The van der Waals surface area contributed by atoms with Crippen LogP contribution in [0, 0.1) is 0 Å². The van der Waals surface area contributed by atoms with E-state index in [1.165, 1.54) is 0 Å². The van der Waals surface area contributed by atoms with Gasteiger partial charge in [0.1, 0.15) is 5.75 Å². The summed E-state index contributed by atoms with van der Waals surface area (Å²) in [5.74, 6) is -0.488. The number of carboxylic acid groups (broad SMARTS) is 1. The number of aromatic hydroxyl groups is 1. The zero-order valence-electron chi connectivity index (χ0n) is 9.65. The van der Waals surface area contributed by atoms with Crippen LogP contribution >= 0.6 is 0 Å². The van der Waals surface area contributed by atoms with Crippen LogP contribution in [-0.4, -0.2) is 22.2 Å². The van der Waals surface area contributed by atoms with Gasteiger partial charge < -0.3 is 15.9 Å². The second-order valence-corrected chi connectivity index (χ2v) is 4.60. The van der Waals surface area contributed by atoms with E-state index < -0.39 is 5.97 Å². The molecule has 0 aromatic heterocycles. The van der Waals surface area contributed by atoms with Gasteiger partial charge in [-0.05, 0) is 48.4 Å². The summed E-state index contributed by atoms with van der Waals surface area (Å²) in [6.45, 7) is 0. The summed E-state index contributed by atoms with van der Waals surface area (Å²) in [6.07, 6.45) is 3.02. The van der Waals surface area contributed by atoms with Crippen LogP contribution in [-0.2, 0) is 24.1 Å². The maximum absolute atomic E-state index is 10.6. The third-order valence-corrected chi connectivity index (χ3v) is 3.34. The van der Waals surface area contributed by atoms with Crippen LogP contribution in [0.2, 0.25) is 0 Å². The third kappa shape index (κ3) is 2.58. The van der Waals surface area contributed by atoms with Crippen molar-refractivity contribution < 1.29 is 15.0 Å². The van der Waals surface area contributed by atoms with Gasteiger partial charge >= 0.3 is 5.97 Å². The van der Waals surface area contributed by atoms with E-state index >= 15 is 0 Å². The van der Waals surface area contributed by atoms with Crippen LogP contribution in [0.1, 0.15) is 29.5 Å². The first kappa shape index (κ1) is 11.9.